The van der Waals surface area contributed by atoms with Gasteiger partial charge in [-0.3, -0.25) is 9.80 Å². The standard InChI is InChI=1S/C23H32N2O3/c1-2-28-22-10-6-9-20(23(22)27)17-24-14-15-25(21(18-24)12-16-26)13-11-19-7-4-3-5-8-19/h3-10,21,26-27H,2,11-18H2,1H3/t21-/m0/s1. The molecule has 0 spiro atoms. The maximum Gasteiger partial charge on any atom is 0.162 e. The second-order valence-corrected chi connectivity index (χ2v) is 7.37. The second-order valence-electron chi connectivity index (χ2n) is 7.37. The third-order valence-corrected chi connectivity index (χ3v) is 5.46. The second kappa shape index (κ2) is 10.5. The minimum atomic E-state index is 0.200. The first-order valence-corrected chi connectivity index (χ1v) is 10.3. The number of hydrogen-bond acceptors (Lipinski definition) is 5. The van der Waals surface area contributed by atoms with Crippen molar-refractivity contribution in [2.24, 2.45) is 0 Å². The van der Waals surface area contributed by atoms with Gasteiger partial charge in [-0.25, -0.2) is 0 Å². The molecule has 2 aromatic carbocycles. The van der Waals surface area contributed by atoms with Crippen molar-refractivity contribution in [1.29, 1.82) is 0 Å². The number of para-hydroxylation sites is 1. The maximum absolute atomic E-state index is 10.5. The molecule has 0 radical (unpaired) electrons. The van der Waals surface area contributed by atoms with Gasteiger partial charge in [-0.15, -0.1) is 0 Å². The van der Waals surface area contributed by atoms with Crippen molar-refractivity contribution in [3.8, 4) is 11.5 Å². The Labute approximate surface area is 168 Å². The number of ether oxygens (including phenoxy) is 1. The van der Waals surface area contributed by atoms with Gasteiger partial charge in [-0.2, -0.15) is 0 Å². The minimum absolute atomic E-state index is 0.200. The number of piperazine rings is 1. The van der Waals surface area contributed by atoms with Crippen molar-refractivity contribution >= 4 is 0 Å². The molecule has 1 fully saturated rings. The monoisotopic (exact) mass is 384 g/mol. The summed E-state index contributed by atoms with van der Waals surface area (Å²) in [4.78, 5) is 4.86. The van der Waals surface area contributed by atoms with E-state index in [-0.39, 0.29) is 12.4 Å². The highest BCUT2D eigenvalue weighted by Crippen LogP contribution is 2.31. The van der Waals surface area contributed by atoms with E-state index in [9.17, 15) is 10.2 Å². The average molecular weight is 385 g/mol. The zero-order chi connectivity index (χ0) is 19.8. The highest BCUT2D eigenvalue weighted by Gasteiger charge is 2.27. The lowest BCUT2D eigenvalue weighted by molar-refractivity contribution is 0.0558. The Morgan fingerprint density at radius 2 is 1.89 bits per heavy atom. The fourth-order valence-corrected chi connectivity index (χ4v) is 3.94. The zero-order valence-corrected chi connectivity index (χ0v) is 16.8. The van der Waals surface area contributed by atoms with E-state index in [1.165, 1.54) is 5.56 Å². The fraction of sp³-hybridized carbons (Fsp3) is 0.478. The van der Waals surface area contributed by atoms with E-state index < -0.39 is 0 Å². The van der Waals surface area contributed by atoms with E-state index in [4.69, 9.17) is 4.74 Å². The maximum atomic E-state index is 10.5. The Morgan fingerprint density at radius 3 is 2.64 bits per heavy atom. The van der Waals surface area contributed by atoms with Gasteiger partial charge < -0.3 is 14.9 Å². The molecule has 1 aliphatic rings. The molecule has 0 aliphatic carbocycles. The number of aliphatic hydroxyl groups is 1. The Morgan fingerprint density at radius 1 is 1.07 bits per heavy atom. The first-order chi connectivity index (χ1) is 13.7. The Kier molecular flexibility index (Phi) is 7.71. The molecule has 0 amide bonds. The molecule has 2 N–H and O–H groups in total. The molecule has 0 aromatic heterocycles. The normalized spacial score (nSPS) is 18.3. The van der Waals surface area contributed by atoms with Gasteiger partial charge in [0.1, 0.15) is 0 Å². The summed E-state index contributed by atoms with van der Waals surface area (Å²) in [6, 6.07) is 16.6. The molecule has 5 nitrogen and oxygen atoms in total. The topological polar surface area (TPSA) is 56.2 Å². The summed E-state index contributed by atoms with van der Waals surface area (Å²) in [6.07, 6.45) is 1.80. The number of hydrogen-bond donors (Lipinski definition) is 2. The molecule has 28 heavy (non-hydrogen) atoms. The first kappa shape index (κ1) is 20.6. The SMILES string of the molecule is CCOc1cccc(CN2CCN(CCc3ccccc3)[C@@H](CCO)C2)c1O. The molecule has 1 heterocycles. The molecule has 0 saturated carbocycles. The van der Waals surface area contributed by atoms with Gasteiger partial charge in [0.25, 0.3) is 0 Å². The van der Waals surface area contributed by atoms with Crippen LogP contribution in [0.25, 0.3) is 0 Å². The number of phenolic OH excluding ortho intramolecular Hbond substituents is 1. The molecule has 1 saturated heterocycles. The van der Waals surface area contributed by atoms with Gasteiger partial charge >= 0.3 is 0 Å². The predicted molar refractivity (Wildman–Crippen MR) is 112 cm³/mol. The van der Waals surface area contributed by atoms with E-state index in [0.29, 0.717) is 24.9 Å². The van der Waals surface area contributed by atoms with E-state index in [1.807, 2.05) is 25.1 Å². The smallest absolute Gasteiger partial charge is 0.162 e. The van der Waals surface area contributed by atoms with Crippen LogP contribution < -0.4 is 4.74 Å². The van der Waals surface area contributed by atoms with E-state index in [1.54, 1.807) is 6.07 Å². The summed E-state index contributed by atoms with van der Waals surface area (Å²) in [5.41, 5.74) is 2.25. The van der Waals surface area contributed by atoms with Gasteiger partial charge in [0.15, 0.2) is 11.5 Å². The first-order valence-electron chi connectivity index (χ1n) is 10.3. The van der Waals surface area contributed by atoms with Crippen LogP contribution >= 0.6 is 0 Å². The van der Waals surface area contributed by atoms with Crippen molar-refractivity contribution in [2.75, 3.05) is 39.4 Å². The van der Waals surface area contributed by atoms with Crippen molar-refractivity contribution in [3.63, 3.8) is 0 Å². The predicted octanol–water partition coefficient (Wildman–Crippen LogP) is 2.90. The molecule has 3 rings (SSSR count). The molecule has 1 aliphatic heterocycles. The molecular weight excluding hydrogens is 352 g/mol. The third-order valence-electron chi connectivity index (χ3n) is 5.46. The van der Waals surface area contributed by atoms with Crippen molar-refractivity contribution < 1.29 is 14.9 Å². The number of phenols is 1. The van der Waals surface area contributed by atoms with Crippen LogP contribution in [0.4, 0.5) is 0 Å². The van der Waals surface area contributed by atoms with Gasteiger partial charge in [0.05, 0.1) is 6.61 Å². The van der Waals surface area contributed by atoms with Crippen LogP contribution in [0.3, 0.4) is 0 Å². The van der Waals surface area contributed by atoms with Crippen LogP contribution in [0, 0.1) is 0 Å². The lowest BCUT2D eigenvalue weighted by Gasteiger charge is -2.41. The lowest BCUT2D eigenvalue weighted by Crippen LogP contribution is -2.53. The summed E-state index contributed by atoms with van der Waals surface area (Å²) >= 11 is 0. The Hall–Kier alpha value is -2.08. The lowest BCUT2D eigenvalue weighted by atomic mass is 10.1. The van der Waals surface area contributed by atoms with Gasteiger partial charge in [-0.05, 0) is 31.4 Å². The van der Waals surface area contributed by atoms with Crippen LogP contribution in [-0.2, 0) is 13.0 Å². The number of benzene rings is 2. The largest absolute Gasteiger partial charge is 0.504 e. The highest BCUT2D eigenvalue weighted by molar-refractivity contribution is 5.45. The van der Waals surface area contributed by atoms with Gasteiger partial charge in [0.2, 0.25) is 0 Å². The van der Waals surface area contributed by atoms with E-state index in [2.05, 4.69) is 34.1 Å². The fourth-order valence-electron chi connectivity index (χ4n) is 3.94. The molecular formula is C23H32N2O3. The van der Waals surface area contributed by atoms with Crippen molar-refractivity contribution in [3.05, 3.63) is 59.7 Å². The summed E-state index contributed by atoms with van der Waals surface area (Å²) in [5.74, 6) is 0.794. The summed E-state index contributed by atoms with van der Waals surface area (Å²) < 4.78 is 5.51. The van der Waals surface area contributed by atoms with Crippen molar-refractivity contribution in [1.82, 2.24) is 9.80 Å². The number of nitrogens with zero attached hydrogens (tertiary/aromatic N) is 2. The Balaban J connectivity index is 1.60. The summed E-state index contributed by atoms with van der Waals surface area (Å²) in [6.45, 7) is 7.18. The summed E-state index contributed by atoms with van der Waals surface area (Å²) in [5, 5.41) is 20.0. The molecule has 1 atom stereocenters. The van der Waals surface area contributed by atoms with Crippen LogP contribution in [0.5, 0.6) is 11.5 Å². The molecule has 152 valence electrons. The highest BCUT2D eigenvalue weighted by atomic mass is 16.5. The van der Waals surface area contributed by atoms with E-state index in [0.717, 1.165) is 44.6 Å². The van der Waals surface area contributed by atoms with Gasteiger partial charge in [0, 0.05) is 50.9 Å². The summed E-state index contributed by atoms with van der Waals surface area (Å²) in [7, 11) is 0. The molecule has 2 aromatic rings. The minimum Gasteiger partial charge on any atom is -0.504 e. The number of rotatable bonds is 9. The quantitative estimate of drug-likeness (QED) is 0.696. The average Bonchev–Trinajstić information content (AvgIpc) is 2.71. The molecule has 0 bridgehead atoms. The van der Waals surface area contributed by atoms with Crippen LogP contribution in [0.15, 0.2) is 48.5 Å². The third kappa shape index (κ3) is 5.47. The molecule has 5 heteroatoms. The molecule has 0 unspecified atom stereocenters. The number of aromatic hydroxyl groups is 1. The van der Waals surface area contributed by atoms with Gasteiger partial charge in [-0.1, -0.05) is 42.5 Å². The zero-order valence-electron chi connectivity index (χ0n) is 16.8. The Bertz CT molecular complexity index is 723. The van der Waals surface area contributed by atoms with Crippen LogP contribution in [-0.4, -0.2) is 65.4 Å². The van der Waals surface area contributed by atoms with Crippen LogP contribution in [0.2, 0.25) is 0 Å². The number of aliphatic hydroxyl groups excluding tert-OH is 1. The van der Waals surface area contributed by atoms with Crippen LogP contribution in [0.1, 0.15) is 24.5 Å². The van der Waals surface area contributed by atoms with E-state index >= 15 is 0 Å². The van der Waals surface area contributed by atoms with Crippen molar-refractivity contribution in [2.45, 2.75) is 32.4 Å².